The minimum atomic E-state index is -3.83. The molecule has 3 aromatic carbocycles. The molecule has 5 aromatic rings. The zero-order valence-electron chi connectivity index (χ0n) is 24.5. The van der Waals surface area contributed by atoms with Crippen LogP contribution in [0.3, 0.4) is 0 Å². The van der Waals surface area contributed by atoms with E-state index in [-0.39, 0.29) is 35.8 Å². The predicted octanol–water partition coefficient (Wildman–Crippen LogP) is 5.64. The van der Waals surface area contributed by atoms with Crippen LogP contribution in [0.1, 0.15) is 51.4 Å². The molecule has 3 unspecified atom stereocenters. The molecular formula is C34H31N3O7S2. The fourth-order valence-corrected chi connectivity index (χ4v) is 7.40. The van der Waals surface area contributed by atoms with Crippen LogP contribution >= 0.6 is 11.8 Å². The first-order valence-corrected chi connectivity index (χ1v) is 17.0. The highest BCUT2D eigenvalue weighted by Crippen LogP contribution is 2.39. The summed E-state index contributed by atoms with van der Waals surface area (Å²) in [6, 6.07) is 26.6. The van der Waals surface area contributed by atoms with Crippen molar-refractivity contribution in [3.63, 3.8) is 0 Å². The van der Waals surface area contributed by atoms with Crippen LogP contribution in [0.15, 0.2) is 113 Å². The van der Waals surface area contributed by atoms with Gasteiger partial charge in [0.1, 0.15) is 9.92 Å². The number of sulfonamides is 1. The van der Waals surface area contributed by atoms with Gasteiger partial charge in [0.05, 0.1) is 29.9 Å². The Morgan fingerprint density at radius 1 is 0.870 bits per heavy atom. The molecule has 0 aliphatic carbocycles. The topological polar surface area (TPSA) is 148 Å². The number of nitrogens with one attached hydrogen (secondary N) is 1. The SMILES string of the molecule is O=C(O)c1cccnc1SCC1CC(c2ccc(CO)cc2)OC(c2ccc(CNS(=O)(=O)c3cccc4cccnc34)cc2)O1. The lowest BCUT2D eigenvalue weighted by molar-refractivity contribution is -0.245. The van der Waals surface area contributed by atoms with Crippen molar-refractivity contribution in [2.75, 3.05) is 5.75 Å². The summed E-state index contributed by atoms with van der Waals surface area (Å²) in [5.74, 6) is -0.593. The van der Waals surface area contributed by atoms with E-state index in [0.717, 1.165) is 27.6 Å². The van der Waals surface area contributed by atoms with Crippen molar-refractivity contribution in [3.05, 3.63) is 131 Å². The lowest BCUT2D eigenvalue weighted by Gasteiger charge is -2.36. The number of pyridine rings is 2. The summed E-state index contributed by atoms with van der Waals surface area (Å²) in [6.45, 7) is 0.0153. The molecule has 6 rings (SSSR count). The fourth-order valence-electron chi connectivity index (χ4n) is 5.21. The van der Waals surface area contributed by atoms with Gasteiger partial charge in [0.2, 0.25) is 10.0 Å². The summed E-state index contributed by atoms with van der Waals surface area (Å²) in [6.07, 6.45) is 2.32. The number of aromatic nitrogens is 2. The van der Waals surface area contributed by atoms with Crippen molar-refractivity contribution < 1.29 is 32.9 Å². The molecule has 1 aliphatic heterocycles. The van der Waals surface area contributed by atoms with Crippen LogP contribution in [0.5, 0.6) is 0 Å². The van der Waals surface area contributed by atoms with E-state index in [2.05, 4.69) is 14.7 Å². The van der Waals surface area contributed by atoms with Crippen molar-refractivity contribution in [2.45, 2.75) is 48.0 Å². The van der Waals surface area contributed by atoms with Gasteiger partial charge in [-0.2, -0.15) is 0 Å². The average molecular weight is 658 g/mol. The molecule has 0 spiro atoms. The molecule has 236 valence electrons. The third kappa shape index (κ3) is 7.28. The van der Waals surface area contributed by atoms with E-state index in [1.54, 1.807) is 30.6 Å². The number of hydrogen-bond acceptors (Lipinski definition) is 9. The molecule has 3 N–H and O–H groups in total. The number of thioether (sulfide) groups is 1. The zero-order chi connectivity index (χ0) is 32.1. The highest BCUT2D eigenvalue weighted by atomic mass is 32.2. The Morgan fingerprint density at radius 3 is 2.33 bits per heavy atom. The van der Waals surface area contributed by atoms with E-state index >= 15 is 0 Å². The Balaban J connectivity index is 1.18. The van der Waals surface area contributed by atoms with E-state index < -0.39 is 22.3 Å². The first kappa shape index (κ1) is 31.8. The van der Waals surface area contributed by atoms with Crippen molar-refractivity contribution in [1.29, 1.82) is 0 Å². The number of carboxylic acid groups (broad SMARTS) is 1. The summed E-state index contributed by atoms with van der Waals surface area (Å²) in [7, 11) is -3.83. The van der Waals surface area contributed by atoms with Crippen LogP contribution in [0.25, 0.3) is 10.9 Å². The lowest BCUT2D eigenvalue weighted by atomic mass is 10.0. The molecule has 2 aromatic heterocycles. The third-order valence-electron chi connectivity index (χ3n) is 7.63. The van der Waals surface area contributed by atoms with Gasteiger partial charge >= 0.3 is 5.97 Å². The summed E-state index contributed by atoms with van der Waals surface area (Å²) in [5, 5.41) is 20.2. The van der Waals surface area contributed by atoms with E-state index in [1.165, 1.54) is 23.9 Å². The Hall–Kier alpha value is -4.17. The minimum absolute atomic E-state index is 0.0614. The standard InChI is InChI=1S/C34H31N3O7S2/c38-20-23-10-12-24(13-11-23)29-18-27(21-45-32-28(33(39)40)6-3-17-36-32)43-34(44-29)26-14-8-22(9-15-26)19-37-46(41,42)30-7-1-4-25-5-2-16-35-31(25)30/h1-17,27,29,34,37-38H,18-21H2,(H,39,40). The van der Waals surface area contributed by atoms with Gasteiger partial charge in [-0.1, -0.05) is 66.7 Å². The number of rotatable bonds is 11. The van der Waals surface area contributed by atoms with Crippen LogP contribution in [0.4, 0.5) is 0 Å². The van der Waals surface area contributed by atoms with Crippen LogP contribution < -0.4 is 4.72 Å². The maximum atomic E-state index is 13.2. The number of hydrogen-bond donors (Lipinski definition) is 3. The van der Waals surface area contributed by atoms with Crippen molar-refractivity contribution in [3.8, 4) is 0 Å². The first-order valence-electron chi connectivity index (χ1n) is 14.5. The Bertz CT molecular complexity index is 1930. The van der Waals surface area contributed by atoms with Crippen molar-refractivity contribution >= 4 is 38.7 Å². The fraction of sp³-hybridized carbons (Fsp3) is 0.206. The number of carboxylic acids is 1. The second-order valence-electron chi connectivity index (χ2n) is 10.7. The van der Waals surface area contributed by atoms with Gasteiger partial charge in [-0.05, 0) is 41.0 Å². The monoisotopic (exact) mass is 657 g/mol. The number of benzene rings is 3. The minimum Gasteiger partial charge on any atom is -0.478 e. The number of aliphatic hydroxyl groups excluding tert-OH is 1. The van der Waals surface area contributed by atoms with Crippen LogP contribution in [0, 0.1) is 0 Å². The van der Waals surface area contributed by atoms with E-state index in [0.29, 0.717) is 22.7 Å². The molecule has 10 nitrogen and oxygen atoms in total. The van der Waals surface area contributed by atoms with Crippen LogP contribution in [0.2, 0.25) is 0 Å². The Kier molecular flexibility index (Phi) is 9.73. The van der Waals surface area contributed by atoms with Gasteiger partial charge in [0.15, 0.2) is 6.29 Å². The second-order valence-corrected chi connectivity index (χ2v) is 13.5. The molecule has 0 radical (unpaired) electrons. The summed E-state index contributed by atoms with van der Waals surface area (Å²) < 4.78 is 41.8. The number of ether oxygens (including phenoxy) is 2. The molecule has 1 aliphatic rings. The molecular weight excluding hydrogens is 627 g/mol. The highest BCUT2D eigenvalue weighted by molar-refractivity contribution is 7.99. The number of fused-ring (bicyclic) bond motifs is 1. The van der Waals surface area contributed by atoms with E-state index in [1.807, 2.05) is 60.7 Å². The Labute approximate surface area is 270 Å². The van der Waals surface area contributed by atoms with Crippen molar-refractivity contribution in [2.24, 2.45) is 0 Å². The molecule has 3 atom stereocenters. The highest BCUT2D eigenvalue weighted by Gasteiger charge is 2.32. The predicted molar refractivity (Wildman–Crippen MR) is 173 cm³/mol. The number of para-hydroxylation sites is 1. The molecule has 1 saturated heterocycles. The largest absolute Gasteiger partial charge is 0.478 e. The van der Waals surface area contributed by atoms with Gasteiger partial charge in [-0.25, -0.2) is 22.9 Å². The van der Waals surface area contributed by atoms with E-state index in [9.17, 15) is 23.4 Å². The molecule has 0 bridgehead atoms. The first-order chi connectivity index (χ1) is 22.3. The van der Waals surface area contributed by atoms with Gasteiger partial charge in [0.25, 0.3) is 0 Å². The van der Waals surface area contributed by atoms with Gasteiger partial charge in [-0.3, -0.25) is 4.98 Å². The number of nitrogens with zero attached hydrogens (tertiary/aromatic N) is 2. The van der Waals surface area contributed by atoms with Crippen LogP contribution in [-0.2, 0) is 32.6 Å². The Morgan fingerprint density at radius 2 is 1.57 bits per heavy atom. The second kappa shape index (κ2) is 14.1. The lowest BCUT2D eigenvalue weighted by Crippen LogP contribution is -2.31. The van der Waals surface area contributed by atoms with Crippen LogP contribution in [-0.4, -0.2) is 46.4 Å². The molecule has 3 heterocycles. The molecule has 1 fully saturated rings. The normalized spacial score (nSPS) is 18.4. The summed E-state index contributed by atoms with van der Waals surface area (Å²) >= 11 is 1.32. The number of carbonyl (C=O) groups is 1. The summed E-state index contributed by atoms with van der Waals surface area (Å²) in [4.78, 5) is 20.3. The molecule has 0 saturated carbocycles. The smallest absolute Gasteiger partial charge is 0.338 e. The van der Waals surface area contributed by atoms with Crippen molar-refractivity contribution in [1.82, 2.24) is 14.7 Å². The number of aliphatic hydroxyl groups is 1. The maximum Gasteiger partial charge on any atom is 0.338 e. The average Bonchev–Trinajstić information content (AvgIpc) is 3.10. The third-order valence-corrected chi connectivity index (χ3v) is 10.2. The molecule has 46 heavy (non-hydrogen) atoms. The summed E-state index contributed by atoms with van der Waals surface area (Å²) in [5.41, 5.74) is 3.76. The van der Waals surface area contributed by atoms with Gasteiger partial charge < -0.3 is 19.7 Å². The number of aromatic carboxylic acids is 1. The van der Waals surface area contributed by atoms with Gasteiger partial charge in [-0.15, -0.1) is 11.8 Å². The van der Waals surface area contributed by atoms with Gasteiger partial charge in [0, 0.05) is 42.1 Å². The van der Waals surface area contributed by atoms with E-state index in [4.69, 9.17) is 9.47 Å². The zero-order valence-corrected chi connectivity index (χ0v) is 26.2. The molecule has 0 amide bonds. The maximum absolute atomic E-state index is 13.2. The quantitative estimate of drug-likeness (QED) is 0.153. The molecule has 12 heteroatoms.